The van der Waals surface area contributed by atoms with Crippen LogP contribution in [0.5, 0.6) is 5.75 Å². The number of methoxy groups -OCH3 is 1. The number of esters is 2. The van der Waals surface area contributed by atoms with E-state index in [1.54, 1.807) is 44.6 Å². The van der Waals surface area contributed by atoms with E-state index in [-0.39, 0.29) is 24.6 Å². The van der Waals surface area contributed by atoms with E-state index in [9.17, 15) is 19.2 Å². The number of nitrogens with zero attached hydrogens (tertiary/aromatic N) is 1. The Balaban J connectivity index is 1.58. The molecule has 1 fully saturated rings. The van der Waals surface area contributed by atoms with Crippen LogP contribution in [0.2, 0.25) is 0 Å². The van der Waals surface area contributed by atoms with Gasteiger partial charge in [0.1, 0.15) is 29.5 Å². The molecule has 2 aromatic rings. The van der Waals surface area contributed by atoms with E-state index in [0.29, 0.717) is 17.1 Å². The van der Waals surface area contributed by atoms with Gasteiger partial charge in [-0.15, -0.1) is 34.9 Å². The summed E-state index contributed by atoms with van der Waals surface area (Å²) < 4.78 is 16.1. The molecule has 1 aromatic carbocycles. The zero-order chi connectivity index (χ0) is 27.4. The maximum Gasteiger partial charge on any atom is 0.355 e. The summed E-state index contributed by atoms with van der Waals surface area (Å²) in [7, 11) is 1.56. The Labute approximate surface area is 233 Å². The van der Waals surface area contributed by atoms with E-state index >= 15 is 0 Å². The predicted octanol–water partition coefficient (Wildman–Crippen LogP) is 3.34. The Bertz CT molecular complexity index is 1250. The van der Waals surface area contributed by atoms with E-state index in [1.165, 1.54) is 46.7 Å². The van der Waals surface area contributed by atoms with Crippen LogP contribution in [-0.4, -0.2) is 64.1 Å². The maximum absolute atomic E-state index is 13.7. The first-order chi connectivity index (χ1) is 18.2. The number of nitrogens with one attached hydrogen (secondary N) is 1. The van der Waals surface area contributed by atoms with Gasteiger partial charge in [-0.25, -0.2) is 4.79 Å². The van der Waals surface area contributed by atoms with Gasteiger partial charge >= 0.3 is 11.9 Å². The van der Waals surface area contributed by atoms with Gasteiger partial charge in [-0.3, -0.25) is 19.3 Å². The summed E-state index contributed by atoms with van der Waals surface area (Å²) >= 11 is 4.10. The Morgan fingerprint density at radius 1 is 1.24 bits per heavy atom. The first kappa shape index (κ1) is 28.1. The molecule has 3 heterocycles. The lowest BCUT2D eigenvalue weighted by molar-refractivity contribution is -0.155. The quantitative estimate of drug-likeness (QED) is 0.259. The molecule has 12 heteroatoms. The van der Waals surface area contributed by atoms with Gasteiger partial charge in [0.25, 0.3) is 5.91 Å². The van der Waals surface area contributed by atoms with Crippen LogP contribution in [0.25, 0.3) is 0 Å². The highest BCUT2D eigenvalue weighted by atomic mass is 32.2. The molecule has 38 heavy (non-hydrogen) atoms. The minimum absolute atomic E-state index is 0.0212. The summed E-state index contributed by atoms with van der Waals surface area (Å²) in [4.78, 5) is 52.6. The van der Waals surface area contributed by atoms with Gasteiger partial charge < -0.3 is 19.5 Å². The van der Waals surface area contributed by atoms with Crippen molar-refractivity contribution in [3.05, 3.63) is 63.5 Å². The normalized spacial score (nSPS) is 21.2. The van der Waals surface area contributed by atoms with Crippen molar-refractivity contribution >= 4 is 58.6 Å². The van der Waals surface area contributed by atoms with Gasteiger partial charge in [-0.1, -0.05) is 18.2 Å². The SMILES string of the molecule is COc1ccc(COC(=O)C2=C(C(C)OC(C)=O)CS[C@H]3N2C(=O)[C@]3(NC(=O)Cc2cccs2)SC)cc1. The highest BCUT2D eigenvalue weighted by Crippen LogP contribution is 2.51. The lowest BCUT2D eigenvalue weighted by atomic mass is 9.99. The fraction of sp³-hybridized carbons (Fsp3) is 0.385. The van der Waals surface area contributed by atoms with E-state index in [4.69, 9.17) is 14.2 Å². The van der Waals surface area contributed by atoms with Crippen LogP contribution in [0, 0.1) is 0 Å². The van der Waals surface area contributed by atoms with Crippen molar-refractivity contribution in [1.29, 1.82) is 0 Å². The number of β-lactam (4-membered cyclic amide) rings is 1. The fourth-order valence-electron chi connectivity index (χ4n) is 4.28. The minimum atomic E-state index is -1.23. The van der Waals surface area contributed by atoms with E-state index in [1.807, 2.05) is 17.5 Å². The van der Waals surface area contributed by atoms with Gasteiger partial charge in [0.15, 0.2) is 4.87 Å². The number of thioether (sulfide) groups is 2. The summed E-state index contributed by atoms with van der Waals surface area (Å²) in [6.45, 7) is 2.92. The summed E-state index contributed by atoms with van der Waals surface area (Å²) in [6.07, 6.45) is 1.17. The molecule has 3 atom stereocenters. The zero-order valence-corrected chi connectivity index (χ0v) is 23.8. The first-order valence-electron chi connectivity index (χ1n) is 11.7. The van der Waals surface area contributed by atoms with Crippen LogP contribution in [0.1, 0.15) is 24.3 Å². The third-order valence-electron chi connectivity index (χ3n) is 6.18. The Morgan fingerprint density at radius 2 is 1.97 bits per heavy atom. The zero-order valence-electron chi connectivity index (χ0n) is 21.3. The molecular formula is C26H28N2O7S3. The van der Waals surface area contributed by atoms with Crippen LogP contribution in [0.3, 0.4) is 0 Å². The number of hydrogen-bond acceptors (Lipinski definition) is 10. The molecule has 2 amide bonds. The lowest BCUT2D eigenvalue weighted by Gasteiger charge is -2.56. The van der Waals surface area contributed by atoms with Crippen molar-refractivity contribution in [2.75, 3.05) is 19.1 Å². The third kappa shape index (κ3) is 5.57. The highest BCUT2D eigenvalue weighted by Gasteiger charge is 2.65. The molecule has 9 nitrogen and oxygen atoms in total. The van der Waals surface area contributed by atoms with Crippen LogP contribution in [0.4, 0.5) is 0 Å². The summed E-state index contributed by atoms with van der Waals surface area (Å²) in [5, 5.41) is 4.27. The summed E-state index contributed by atoms with van der Waals surface area (Å²) in [6, 6.07) is 10.8. The highest BCUT2D eigenvalue weighted by molar-refractivity contribution is 8.05. The molecule has 1 unspecified atom stereocenters. The largest absolute Gasteiger partial charge is 0.497 e. The smallest absolute Gasteiger partial charge is 0.355 e. The number of benzene rings is 1. The van der Waals surface area contributed by atoms with Crippen molar-refractivity contribution < 1.29 is 33.4 Å². The summed E-state index contributed by atoms with van der Waals surface area (Å²) in [5.74, 6) is -0.912. The fourth-order valence-corrected chi connectivity index (χ4v) is 7.73. The Kier molecular flexibility index (Phi) is 8.74. The second kappa shape index (κ2) is 11.8. The van der Waals surface area contributed by atoms with Gasteiger partial charge in [0.2, 0.25) is 5.91 Å². The number of fused-ring (bicyclic) bond motifs is 1. The van der Waals surface area contributed by atoms with Crippen molar-refractivity contribution in [3.63, 3.8) is 0 Å². The molecule has 2 aliphatic rings. The van der Waals surface area contributed by atoms with Gasteiger partial charge in [-0.2, -0.15) is 0 Å². The second-order valence-electron chi connectivity index (χ2n) is 8.63. The Hall–Kier alpha value is -2.96. The lowest BCUT2D eigenvalue weighted by Crippen LogP contribution is -2.78. The molecular weight excluding hydrogens is 548 g/mol. The molecule has 1 N–H and O–H groups in total. The van der Waals surface area contributed by atoms with Gasteiger partial charge in [0, 0.05) is 23.1 Å². The standard InChI is InChI=1S/C26H28N2O7S3/c1-15(35-16(2)29)20-14-38-25-26(36-4,27-21(30)12-19-6-5-11-37-19)24(32)28(25)22(20)23(31)34-13-17-7-9-18(33-3)10-8-17/h5-11,15,25H,12-14H2,1-4H3,(H,27,30)/t15?,25-,26+/m1/s1. The molecule has 4 rings (SSSR count). The van der Waals surface area contributed by atoms with E-state index in [2.05, 4.69) is 5.32 Å². The number of hydrogen-bond donors (Lipinski definition) is 1. The van der Waals surface area contributed by atoms with Gasteiger partial charge in [-0.05, 0) is 42.3 Å². The van der Waals surface area contributed by atoms with Crippen molar-refractivity contribution in [3.8, 4) is 5.75 Å². The van der Waals surface area contributed by atoms with Crippen molar-refractivity contribution in [2.45, 2.75) is 43.2 Å². The van der Waals surface area contributed by atoms with Crippen molar-refractivity contribution in [1.82, 2.24) is 10.2 Å². The number of rotatable bonds is 10. The van der Waals surface area contributed by atoms with E-state index < -0.39 is 34.2 Å². The monoisotopic (exact) mass is 576 g/mol. The molecule has 1 aromatic heterocycles. The number of amides is 2. The maximum atomic E-state index is 13.7. The topological polar surface area (TPSA) is 111 Å². The molecule has 0 saturated carbocycles. The predicted molar refractivity (Wildman–Crippen MR) is 147 cm³/mol. The van der Waals surface area contributed by atoms with E-state index in [0.717, 1.165) is 10.4 Å². The first-order valence-corrected chi connectivity index (χ1v) is 14.9. The molecule has 2 aliphatic heterocycles. The summed E-state index contributed by atoms with van der Waals surface area (Å²) in [5.41, 5.74) is 1.28. The third-order valence-corrected chi connectivity index (χ3v) is 9.71. The van der Waals surface area contributed by atoms with Crippen LogP contribution in [0.15, 0.2) is 53.0 Å². The number of carbonyl (C=O) groups excluding carboxylic acids is 4. The number of carbonyl (C=O) groups is 4. The van der Waals surface area contributed by atoms with Crippen LogP contribution < -0.4 is 10.1 Å². The molecule has 202 valence electrons. The Morgan fingerprint density at radius 3 is 2.58 bits per heavy atom. The number of ether oxygens (including phenoxy) is 3. The average molecular weight is 577 g/mol. The molecule has 0 aliphatic carbocycles. The molecule has 0 spiro atoms. The van der Waals surface area contributed by atoms with Gasteiger partial charge in [0.05, 0.1) is 13.5 Å². The second-order valence-corrected chi connectivity index (χ2v) is 11.8. The molecule has 0 bridgehead atoms. The van der Waals surface area contributed by atoms with Crippen LogP contribution >= 0.6 is 34.9 Å². The number of thiophene rings is 1. The molecule has 0 radical (unpaired) electrons. The van der Waals surface area contributed by atoms with Crippen molar-refractivity contribution in [2.24, 2.45) is 0 Å². The average Bonchev–Trinajstić information content (AvgIpc) is 3.42. The minimum Gasteiger partial charge on any atom is -0.497 e. The van der Waals surface area contributed by atoms with Crippen LogP contribution in [-0.2, 0) is 41.7 Å². The molecule has 1 saturated heterocycles.